The second-order valence-electron chi connectivity index (χ2n) is 5.61. The van der Waals surface area contributed by atoms with Crippen LogP contribution in [0.5, 0.6) is 0 Å². The number of carbonyl (C=O) groups is 1. The molecule has 1 aromatic carbocycles. The van der Waals surface area contributed by atoms with Crippen molar-refractivity contribution in [3.05, 3.63) is 28.8 Å². The predicted octanol–water partition coefficient (Wildman–Crippen LogP) is 2.94. The zero-order valence-corrected chi connectivity index (χ0v) is 13.8. The summed E-state index contributed by atoms with van der Waals surface area (Å²) < 4.78 is 0. The van der Waals surface area contributed by atoms with Crippen molar-refractivity contribution in [3.63, 3.8) is 0 Å². The number of hydrazine groups is 1. The van der Waals surface area contributed by atoms with Gasteiger partial charge in [0.2, 0.25) is 6.41 Å². The van der Waals surface area contributed by atoms with E-state index < -0.39 is 0 Å². The van der Waals surface area contributed by atoms with Crippen molar-refractivity contribution in [2.75, 3.05) is 31.1 Å². The Bertz CT molecular complexity index is 486. The predicted molar refractivity (Wildman–Crippen MR) is 87.6 cm³/mol. The van der Waals surface area contributed by atoms with Gasteiger partial charge in [0, 0.05) is 42.9 Å². The standard InChI is InChI=1S/C16H24ClN3O/c1-4-14(3)20(12-21)19-9-7-18(8-10-19)16-11-15(17)6-5-13(16)2/h5-6,11-12,14H,4,7-10H2,1-3H3. The summed E-state index contributed by atoms with van der Waals surface area (Å²) in [6.07, 6.45) is 1.92. The van der Waals surface area contributed by atoms with Crippen LogP contribution in [0.15, 0.2) is 18.2 Å². The van der Waals surface area contributed by atoms with Crippen LogP contribution in [-0.2, 0) is 4.79 Å². The van der Waals surface area contributed by atoms with Crippen molar-refractivity contribution in [2.45, 2.75) is 33.2 Å². The van der Waals surface area contributed by atoms with E-state index in [1.807, 2.05) is 17.1 Å². The molecule has 0 N–H and O–H groups in total. The molecule has 0 aromatic heterocycles. The van der Waals surface area contributed by atoms with E-state index in [2.05, 4.69) is 36.7 Å². The fraction of sp³-hybridized carbons (Fsp3) is 0.562. The Labute approximate surface area is 132 Å². The average Bonchev–Trinajstić information content (AvgIpc) is 2.51. The lowest BCUT2D eigenvalue weighted by atomic mass is 10.1. The molecule has 0 saturated carbocycles. The second kappa shape index (κ2) is 7.14. The zero-order valence-electron chi connectivity index (χ0n) is 13.1. The van der Waals surface area contributed by atoms with Crippen LogP contribution < -0.4 is 4.90 Å². The Kier molecular flexibility index (Phi) is 5.48. The third-order valence-corrected chi connectivity index (χ3v) is 4.48. The minimum Gasteiger partial charge on any atom is -0.369 e. The largest absolute Gasteiger partial charge is 0.369 e. The molecule has 0 spiro atoms. The number of hydrogen-bond acceptors (Lipinski definition) is 3. The van der Waals surface area contributed by atoms with Gasteiger partial charge in [0.25, 0.3) is 0 Å². The first-order valence-electron chi connectivity index (χ1n) is 7.56. The van der Waals surface area contributed by atoms with Gasteiger partial charge in [0.05, 0.1) is 0 Å². The summed E-state index contributed by atoms with van der Waals surface area (Å²) in [5.74, 6) is 0. The number of aryl methyl sites for hydroxylation is 1. The molecule has 1 aliphatic rings. The van der Waals surface area contributed by atoms with Crippen molar-refractivity contribution in [2.24, 2.45) is 0 Å². The van der Waals surface area contributed by atoms with Gasteiger partial charge >= 0.3 is 0 Å². The molecular weight excluding hydrogens is 286 g/mol. The van der Waals surface area contributed by atoms with Crippen molar-refractivity contribution in [3.8, 4) is 0 Å². The second-order valence-corrected chi connectivity index (χ2v) is 6.05. The van der Waals surface area contributed by atoms with Gasteiger partial charge < -0.3 is 4.90 Å². The topological polar surface area (TPSA) is 26.8 Å². The van der Waals surface area contributed by atoms with E-state index in [0.29, 0.717) is 0 Å². The van der Waals surface area contributed by atoms with Crippen LogP contribution in [0.25, 0.3) is 0 Å². The maximum absolute atomic E-state index is 11.3. The highest BCUT2D eigenvalue weighted by Crippen LogP contribution is 2.25. The van der Waals surface area contributed by atoms with Crippen LogP contribution in [0.3, 0.4) is 0 Å². The number of carbonyl (C=O) groups excluding carboxylic acids is 1. The summed E-state index contributed by atoms with van der Waals surface area (Å²) in [6, 6.07) is 6.26. The van der Waals surface area contributed by atoms with Gasteiger partial charge in [-0.1, -0.05) is 24.6 Å². The molecule has 1 aromatic rings. The number of hydrogen-bond donors (Lipinski definition) is 0. The number of amides is 1. The fourth-order valence-electron chi connectivity index (χ4n) is 2.73. The highest BCUT2D eigenvalue weighted by molar-refractivity contribution is 6.30. The van der Waals surface area contributed by atoms with Crippen LogP contribution in [0.4, 0.5) is 5.69 Å². The van der Waals surface area contributed by atoms with Gasteiger partial charge in [-0.2, -0.15) is 0 Å². The summed E-state index contributed by atoms with van der Waals surface area (Å²) in [7, 11) is 0. The molecular formula is C16H24ClN3O. The maximum Gasteiger partial charge on any atom is 0.224 e. The Morgan fingerprint density at radius 1 is 1.33 bits per heavy atom. The number of rotatable bonds is 5. The van der Waals surface area contributed by atoms with Crippen LogP contribution in [0.1, 0.15) is 25.8 Å². The van der Waals surface area contributed by atoms with Gasteiger partial charge in [-0.15, -0.1) is 0 Å². The van der Waals surface area contributed by atoms with Gasteiger partial charge in [0.1, 0.15) is 0 Å². The SMILES string of the molecule is CCC(C)N(C=O)N1CCN(c2cc(Cl)ccc2C)CC1. The van der Waals surface area contributed by atoms with Crippen molar-refractivity contribution >= 4 is 23.7 Å². The molecule has 1 heterocycles. The molecule has 5 heteroatoms. The molecule has 1 aliphatic heterocycles. The van der Waals surface area contributed by atoms with E-state index in [0.717, 1.165) is 44.0 Å². The number of halogens is 1. The molecule has 1 unspecified atom stereocenters. The molecule has 21 heavy (non-hydrogen) atoms. The van der Waals surface area contributed by atoms with Gasteiger partial charge in [-0.3, -0.25) is 9.80 Å². The van der Waals surface area contributed by atoms with E-state index in [1.165, 1.54) is 11.3 Å². The Hall–Kier alpha value is -1.26. The molecule has 1 amide bonds. The third kappa shape index (κ3) is 3.69. The molecule has 4 nitrogen and oxygen atoms in total. The van der Waals surface area contributed by atoms with E-state index in [1.54, 1.807) is 0 Å². The molecule has 0 aliphatic carbocycles. The molecule has 1 fully saturated rings. The Morgan fingerprint density at radius 3 is 2.57 bits per heavy atom. The summed E-state index contributed by atoms with van der Waals surface area (Å²) in [5.41, 5.74) is 2.44. The summed E-state index contributed by atoms with van der Waals surface area (Å²) in [4.78, 5) is 13.7. The first kappa shape index (κ1) is 16.1. The van der Waals surface area contributed by atoms with Crippen LogP contribution in [0, 0.1) is 6.92 Å². The molecule has 116 valence electrons. The number of piperazine rings is 1. The first-order chi connectivity index (χ1) is 10.1. The minimum atomic E-state index is 0.252. The summed E-state index contributed by atoms with van der Waals surface area (Å²) in [6.45, 7) is 9.82. The maximum atomic E-state index is 11.3. The van der Waals surface area contributed by atoms with Gasteiger partial charge in [-0.05, 0) is 38.0 Å². The lowest BCUT2D eigenvalue weighted by molar-refractivity contribution is -0.140. The summed E-state index contributed by atoms with van der Waals surface area (Å²) >= 11 is 6.11. The van der Waals surface area contributed by atoms with Gasteiger partial charge in [0.15, 0.2) is 0 Å². The van der Waals surface area contributed by atoms with E-state index in [9.17, 15) is 4.79 Å². The highest BCUT2D eigenvalue weighted by atomic mass is 35.5. The van der Waals surface area contributed by atoms with Crippen LogP contribution in [-0.4, -0.2) is 48.6 Å². The normalized spacial score (nSPS) is 17.6. The summed E-state index contributed by atoms with van der Waals surface area (Å²) in [5, 5.41) is 4.76. The van der Waals surface area contributed by atoms with E-state index in [-0.39, 0.29) is 6.04 Å². The third-order valence-electron chi connectivity index (χ3n) is 4.24. The van der Waals surface area contributed by atoms with E-state index in [4.69, 9.17) is 11.6 Å². The molecule has 2 rings (SSSR count). The quantitative estimate of drug-likeness (QED) is 0.783. The smallest absolute Gasteiger partial charge is 0.224 e. The lowest BCUT2D eigenvalue weighted by Gasteiger charge is -2.42. The molecule has 1 saturated heterocycles. The van der Waals surface area contributed by atoms with Crippen molar-refractivity contribution in [1.82, 2.24) is 10.0 Å². The van der Waals surface area contributed by atoms with E-state index >= 15 is 0 Å². The van der Waals surface area contributed by atoms with Crippen LogP contribution >= 0.6 is 11.6 Å². The Balaban J connectivity index is 2.03. The highest BCUT2D eigenvalue weighted by Gasteiger charge is 2.24. The number of nitrogens with zero attached hydrogens (tertiary/aromatic N) is 3. The Morgan fingerprint density at radius 2 is 2.00 bits per heavy atom. The number of anilines is 1. The first-order valence-corrected chi connectivity index (χ1v) is 7.94. The number of benzene rings is 1. The minimum absolute atomic E-state index is 0.252. The lowest BCUT2D eigenvalue weighted by Crippen LogP contribution is -2.55. The monoisotopic (exact) mass is 309 g/mol. The van der Waals surface area contributed by atoms with Crippen LogP contribution in [0.2, 0.25) is 5.02 Å². The molecule has 0 radical (unpaired) electrons. The zero-order chi connectivity index (χ0) is 15.4. The van der Waals surface area contributed by atoms with Gasteiger partial charge in [-0.25, -0.2) is 5.01 Å². The molecule has 0 bridgehead atoms. The van der Waals surface area contributed by atoms with Crippen molar-refractivity contribution in [1.29, 1.82) is 0 Å². The van der Waals surface area contributed by atoms with Crippen molar-refractivity contribution < 1.29 is 4.79 Å². The fourth-order valence-corrected chi connectivity index (χ4v) is 2.89. The average molecular weight is 310 g/mol. The molecule has 1 atom stereocenters.